The minimum absolute atomic E-state index is 0.293. The van der Waals surface area contributed by atoms with Crippen LogP contribution in [0.15, 0.2) is 12.3 Å². The van der Waals surface area contributed by atoms with Crippen molar-refractivity contribution in [3.8, 4) is 0 Å². The molecule has 126 valence electrons. The van der Waals surface area contributed by atoms with Gasteiger partial charge in [0, 0.05) is 38.3 Å². The average Bonchev–Trinajstić information content (AvgIpc) is 3.12. The van der Waals surface area contributed by atoms with Gasteiger partial charge in [-0.2, -0.15) is 5.10 Å². The largest absolute Gasteiger partial charge is 0.465 e. The van der Waals surface area contributed by atoms with Crippen LogP contribution in [-0.2, 0) is 7.05 Å². The summed E-state index contributed by atoms with van der Waals surface area (Å²) in [5.41, 5.74) is 1.53. The molecule has 1 spiro atoms. The molecule has 0 bridgehead atoms. The Balaban J connectivity index is 1.27. The predicted octanol–water partition coefficient (Wildman–Crippen LogP) is 2.13. The Morgan fingerprint density at radius 3 is 2.61 bits per heavy atom. The molecule has 4 rings (SSSR count). The summed E-state index contributed by atoms with van der Waals surface area (Å²) >= 11 is 0. The van der Waals surface area contributed by atoms with E-state index in [1.807, 2.05) is 17.9 Å². The van der Waals surface area contributed by atoms with Crippen molar-refractivity contribution in [2.75, 3.05) is 26.2 Å². The van der Waals surface area contributed by atoms with E-state index >= 15 is 0 Å². The van der Waals surface area contributed by atoms with Gasteiger partial charge in [0.1, 0.15) is 0 Å². The maximum Gasteiger partial charge on any atom is 0.407 e. The number of carbonyl (C=O) groups is 1. The molecule has 1 aromatic heterocycles. The summed E-state index contributed by atoms with van der Waals surface area (Å²) in [5, 5.41) is 13.7. The van der Waals surface area contributed by atoms with Gasteiger partial charge in [0.05, 0.1) is 5.69 Å². The van der Waals surface area contributed by atoms with Crippen molar-refractivity contribution in [3.05, 3.63) is 18.0 Å². The molecule has 0 aromatic carbocycles. The SMILES string of the molecule is Cn1ccc(C2CCN(C3CC4(CCN(C(=O)O)C4)C3)CC2)n1. The van der Waals surface area contributed by atoms with Crippen LogP contribution in [-0.4, -0.2) is 63.0 Å². The molecular weight excluding hydrogens is 292 g/mol. The molecule has 1 N–H and O–H groups in total. The summed E-state index contributed by atoms with van der Waals surface area (Å²) in [4.78, 5) is 15.3. The van der Waals surface area contributed by atoms with Gasteiger partial charge < -0.3 is 14.9 Å². The molecule has 0 atom stereocenters. The molecule has 0 radical (unpaired) electrons. The highest BCUT2D eigenvalue weighted by Gasteiger charge is 2.51. The van der Waals surface area contributed by atoms with E-state index in [4.69, 9.17) is 5.11 Å². The molecule has 2 saturated heterocycles. The van der Waals surface area contributed by atoms with Crippen molar-refractivity contribution >= 4 is 6.09 Å². The minimum atomic E-state index is -0.749. The lowest BCUT2D eigenvalue weighted by Gasteiger charge is -2.51. The number of hydrogen-bond donors (Lipinski definition) is 1. The number of nitrogens with zero attached hydrogens (tertiary/aromatic N) is 4. The number of hydrogen-bond acceptors (Lipinski definition) is 3. The fourth-order valence-electron chi connectivity index (χ4n) is 4.84. The Bertz CT molecular complexity index is 585. The minimum Gasteiger partial charge on any atom is -0.465 e. The molecule has 0 unspecified atom stereocenters. The number of carboxylic acid groups (broad SMARTS) is 1. The fourth-order valence-corrected chi connectivity index (χ4v) is 4.84. The first kappa shape index (κ1) is 15.0. The maximum atomic E-state index is 11.1. The van der Waals surface area contributed by atoms with E-state index in [0.29, 0.717) is 17.4 Å². The van der Waals surface area contributed by atoms with Crippen LogP contribution < -0.4 is 0 Å². The molecule has 6 heteroatoms. The van der Waals surface area contributed by atoms with Gasteiger partial charge in [-0.15, -0.1) is 0 Å². The van der Waals surface area contributed by atoms with Crippen LogP contribution in [0.3, 0.4) is 0 Å². The second-order valence-electron chi connectivity index (χ2n) is 7.74. The highest BCUT2D eigenvalue weighted by Crippen LogP contribution is 2.50. The summed E-state index contributed by atoms with van der Waals surface area (Å²) in [7, 11) is 1.98. The third-order valence-electron chi connectivity index (χ3n) is 6.24. The summed E-state index contributed by atoms with van der Waals surface area (Å²) in [6, 6.07) is 2.82. The highest BCUT2D eigenvalue weighted by molar-refractivity contribution is 5.65. The molecule has 3 fully saturated rings. The average molecular weight is 318 g/mol. The summed E-state index contributed by atoms with van der Waals surface area (Å²) in [6.45, 7) is 3.79. The molecule has 3 aliphatic rings. The van der Waals surface area contributed by atoms with E-state index in [-0.39, 0.29) is 0 Å². The third-order valence-corrected chi connectivity index (χ3v) is 6.24. The zero-order chi connectivity index (χ0) is 16.0. The van der Waals surface area contributed by atoms with E-state index in [2.05, 4.69) is 16.1 Å². The Kier molecular flexibility index (Phi) is 3.59. The molecule has 3 heterocycles. The monoisotopic (exact) mass is 318 g/mol. The van der Waals surface area contributed by atoms with Crippen molar-refractivity contribution < 1.29 is 9.90 Å². The number of likely N-dealkylation sites (tertiary alicyclic amines) is 2. The smallest absolute Gasteiger partial charge is 0.407 e. The molecule has 2 aliphatic heterocycles. The van der Waals surface area contributed by atoms with Crippen LogP contribution in [0.4, 0.5) is 4.79 Å². The second-order valence-corrected chi connectivity index (χ2v) is 7.74. The van der Waals surface area contributed by atoms with Gasteiger partial charge in [0.25, 0.3) is 0 Å². The summed E-state index contributed by atoms with van der Waals surface area (Å²) < 4.78 is 1.89. The molecular formula is C17H26N4O2. The van der Waals surface area contributed by atoms with Gasteiger partial charge in [-0.3, -0.25) is 4.68 Å². The number of rotatable bonds is 2. The van der Waals surface area contributed by atoms with Crippen molar-refractivity contribution in [1.82, 2.24) is 19.6 Å². The number of aromatic nitrogens is 2. The van der Waals surface area contributed by atoms with Gasteiger partial charge >= 0.3 is 6.09 Å². The Hall–Kier alpha value is -1.56. The normalized spacial score (nSPS) is 32.4. The van der Waals surface area contributed by atoms with E-state index in [1.165, 1.54) is 31.4 Å². The van der Waals surface area contributed by atoms with Crippen molar-refractivity contribution in [3.63, 3.8) is 0 Å². The molecule has 1 saturated carbocycles. The molecule has 1 amide bonds. The van der Waals surface area contributed by atoms with E-state index in [1.54, 1.807) is 4.90 Å². The third kappa shape index (κ3) is 2.73. The van der Waals surface area contributed by atoms with E-state index in [0.717, 1.165) is 32.6 Å². The lowest BCUT2D eigenvalue weighted by molar-refractivity contribution is -0.00403. The maximum absolute atomic E-state index is 11.1. The van der Waals surface area contributed by atoms with E-state index in [9.17, 15) is 4.79 Å². The molecule has 6 nitrogen and oxygen atoms in total. The summed E-state index contributed by atoms with van der Waals surface area (Å²) in [5.74, 6) is 0.607. The zero-order valence-electron chi connectivity index (χ0n) is 13.8. The quantitative estimate of drug-likeness (QED) is 0.907. The molecule has 23 heavy (non-hydrogen) atoms. The first-order valence-electron chi connectivity index (χ1n) is 8.76. The Labute approximate surface area is 137 Å². The van der Waals surface area contributed by atoms with E-state index < -0.39 is 6.09 Å². The fraction of sp³-hybridized carbons (Fsp3) is 0.765. The first-order valence-corrected chi connectivity index (χ1v) is 8.76. The van der Waals surface area contributed by atoms with Crippen molar-refractivity contribution in [1.29, 1.82) is 0 Å². The van der Waals surface area contributed by atoms with Gasteiger partial charge in [-0.05, 0) is 56.7 Å². The molecule has 1 aliphatic carbocycles. The van der Waals surface area contributed by atoms with Crippen LogP contribution in [0, 0.1) is 5.41 Å². The van der Waals surface area contributed by atoms with Crippen molar-refractivity contribution in [2.45, 2.75) is 44.1 Å². The van der Waals surface area contributed by atoms with Crippen LogP contribution in [0.2, 0.25) is 0 Å². The zero-order valence-corrected chi connectivity index (χ0v) is 13.8. The Morgan fingerprint density at radius 2 is 2.04 bits per heavy atom. The Morgan fingerprint density at radius 1 is 1.30 bits per heavy atom. The highest BCUT2D eigenvalue weighted by atomic mass is 16.4. The van der Waals surface area contributed by atoms with Crippen molar-refractivity contribution in [2.24, 2.45) is 12.5 Å². The molecule has 1 aromatic rings. The van der Waals surface area contributed by atoms with Gasteiger partial charge in [0.15, 0.2) is 0 Å². The standard InChI is InChI=1S/C17H26N4O2/c1-19-6-4-15(18-19)13-2-7-20(8-3-13)14-10-17(11-14)5-9-21(12-17)16(22)23/h4,6,13-14H,2-3,5,7-12H2,1H3,(H,22,23). The van der Waals surface area contributed by atoms with Crippen LogP contribution in [0.1, 0.15) is 43.7 Å². The van der Waals surface area contributed by atoms with Gasteiger partial charge in [-0.1, -0.05) is 0 Å². The topological polar surface area (TPSA) is 61.6 Å². The lowest BCUT2D eigenvalue weighted by Crippen LogP contribution is -2.54. The van der Waals surface area contributed by atoms with Gasteiger partial charge in [0.2, 0.25) is 0 Å². The first-order chi connectivity index (χ1) is 11.0. The van der Waals surface area contributed by atoms with Crippen LogP contribution in [0.25, 0.3) is 0 Å². The van der Waals surface area contributed by atoms with Crippen LogP contribution in [0.5, 0.6) is 0 Å². The number of aryl methyl sites for hydroxylation is 1. The summed E-state index contributed by atoms with van der Waals surface area (Å²) in [6.07, 6.45) is 7.10. The number of piperidine rings is 1. The van der Waals surface area contributed by atoms with Gasteiger partial charge in [-0.25, -0.2) is 4.79 Å². The number of amides is 1. The predicted molar refractivity (Wildman–Crippen MR) is 86.4 cm³/mol. The second kappa shape index (κ2) is 5.51. The lowest BCUT2D eigenvalue weighted by atomic mass is 9.64. The van der Waals surface area contributed by atoms with Crippen LogP contribution >= 0.6 is 0 Å².